The van der Waals surface area contributed by atoms with Crippen LogP contribution in [0.25, 0.3) is 0 Å². The largest absolute Gasteiger partial charge is 0.318 e. The number of nitrogens with two attached hydrogens (primary N) is 1. The molecule has 0 radical (unpaired) electrons. The zero-order valence-electron chi connectivity index (χ0n) is 6.99. The molecule has 6 nitrogen and oxygen atoms in total. The van der Waals surface area contributed by atoms with Gasteiger partial charge in [0, 0.05) is 0 Å². The molecule has 15 heavy (non-hydrogen) atoms. The molecule has 0 saturated heterocycles. The van der Waals surface area contributed by atoms with Crippen LogP contribution in [0, 0.1) is 27.6 Å². The Labute approximate surface area is 80.7 Å². The lowest BCUT2D eigenvalue weighted by atomic mass is 10.3. The third-order valence-electron chi connectivity index (χ3n) is 1.39. The summed E-state index contributed by atoms with van der Waals surface area (Å²) >= 11 is 0. The summed E-state index contributed by atoms with van der Waals surface area (Å²) in [6.07, 6.45) is 0. The number of halogens is 3. The lowest BCUT2D eigenvalue weighted by molar-refractivity contribution is -0.762. The SMILES string of the molecule is NN(O[N+](=O)[O-])c1c(F)ccc(F)c1F. The molecule has 0 bridgehead atoms. The van der Waals surface area contributed by atoms with E-state index >= 15 is 0 Å². The van der Waals surface area contributed by atoms with Gasteiger partial charge in [-0.05, 0) is 12.1 Å². The van der Waals surface area contributed by atoms with Crippen LogP contribution in [0.3, 0.4) is 0 Å². The van der Waals surface area contributed by atoms with Crippen LogP contribution >= 0.6 is 0 Å². The monoisotopic (exact) mass is 223 g/mol. The molecule has 0 saturated carbocycles. The van der Waals surface area contributed by atoms with E-state index in [0.717, 1.165) is 0 Å². The molecule has 1 aromatic carbocycles. The molecule has 1 rings (SSSR count). The molecule has 0 aliphatic heterocycles. The first kappa shape index (κ1) is 11.0. The van der Waals surface area contributed by atoms with Crippen LogP contribution < -0.4 is 11.0 Å². The first-order chi connectivity index (χ1) is 6.93. The maximum absolute atomic E-state index is 12.9. The third kappa shape index (κ3) is 2.26. The first-order valence-corrected chi connectivity index (χ1v) is 3.44. The van der Waals surface area contributed by atoms with E-state index in [4.69, 9.17) is 5.84 Å². The van der Waals surface area contributed by atoms with Crippen molar-refractivity contribution in [2.24, 2.45) is 5.84 Å². The summed E-state index contributed by atoms with van der Waals surface area (Å²) in [6, 6.07) is 1.06. The average molecular weight is 223 g/mol. The number of hydrazine groups is 1. The van der Waals surface area contributed by atoms with Gasteiger partial charge in [0.15, 0.2) is 23.1 Å². The minimum atomic E-state index is -1.68. The molecule has 0 atom stereocenters. The second kappa shape index (κ2) is 4.00. The maximum Gasteiger partial charge on any atom is 0.318 e. The zero-order valence-corrected chi connectivity index (χ0v) is 6.99. The van der Waals surface area contributed by atoms with E-state index in [1.807, 2.05) is 0 Å². The molecule has 0 aliphatic rings. The lowest BCUT2D eigenvalue weighted by Gasteiger charge is -2.15. The van der Waals surface area contributed by atoms with Gasteiger partial charge < -0.3 is 0 Å². The normalized spacial score (nSPS) is 9.87. The fourth-order valence-corrected chi connectivity index (χ4v) is 0.831. The van der Waals surface area contributed by atoms with Gasteiger partial charge in [0.05, 0.1) is 0 Å². The Balaban J connectivity index is 3.12. The molecule has 0 amide bonds. The average Bonchev–Trinajstić information content (AvgIpc) is 2.11. The number of nitrogens with zero attached hydrogens (tertiary/aromatic N) is 2. The van der Waals surface area contributed by atoms with Crippen molar-refractivity contribution in [1.82, 2.24) is 0 Å². The molecule has 0 unspecified atom stereocenters. The Morgan fingerprint density at radius 1 is 1.33 bits per heavy atom. The van der Waals surface area contributed by atoms with Crippen molar-refractivity contribution in [2.75, 3.05) is 5.17 Å². The number of hydrogen-bond acceptors (Lipinski definition) is 5. The summed E-state index contributed by atoms with van der Waals surface area (Å²) in [5.74, 6) is 0.406. The first-order valence-electron chi connectivity index (χ1n) is 3.44. The van der Waals surface area contributed by atoms with Crippen LogP contribution in [-0.2, 0) is 4.94 Å². The standard InChI is InChI=1S/C6H4F3N3O3/c7-3-1-2-4(8)6(5(3)9)11(10)15-12(13)14/h1-2H,10H2. The van der Waals surface area contributed by atoms with Crippen molar-refractivity contribution in [2.45, 2.75) is 0 Å². The zero-order chi connectivity index (χ0) is 11.6. The van der Waals surface area contributed by atoms with Gasteiger partial charge in [0.25, 0.3) is 0 Å². The fraction of sp³-hybridized carbons (Fsp3) is 0. The van der Waals surface area contributed by atoms with Gasteiger partial charge in [0.2, 0.25) is 0 Å². The van der Waals surface area contributed by atoms with Crippen LogP contribution in [-0.4, -0.2) is 5.09 Å². The van der Waals surface area contributed by atoms with Crippen LogP contribution in [0.4, 0.5) is 18.9 Å². The van der Waals surface area contributed by atoms with Crippen LogP contribution in [0.5, 0.6) is 0 Å². The topological polar surface area (TPSA) is 81.6 Å². The number of benzene rings is 1. The summed E-state index contributed by atoms with van der Waals surface area (Å²) in [4.78, 5) is 13.4. The predicted octanol–water partition coefficient (Wildman–Crippen LogP) is 0.907. The number of hydrogen-bond donors (Lipinski definition) is 1. The quantitative estimate of drug-likeness (QED) is 0.356. The molecule has 0 spiro atoms. The van der Waals surface area contributed by atoms with Gasteiger partial charge in [-0.3, -0.25) is 0 Å². The Morgan fingerprint density at radius 2 is 1.87 bits per heavy atom. The van der Waals surface area contributed by atoms with E-state index in [0.29, 0.717) is 12.1 Å². The van der Waals surface area contributed by atoms with E-state index in [2.05, 4.69) is 4.94 Å². The highest BCUT2D eigenvalue weighted by Crippen LogP contribution is 2.23. The Hall–Kier alpha value is -2.03. The smallest absolute Gasteiger partial charge is 0.222 e. The Morgan fingerprint density at radius 3 is 2.40 bits per heavy atom. The van der Waals surface area contributed by atoms with E-state index in [1.54, 1.807) is 0 Å². The van der Waals surface area contributed by atoms with Gasteiger partial charge in [0.1, 0.15) is 0 Å². The predicted molar refractivity (Wildman–Crippen MR) is 41.1 cm³/mol. The fourth-order valence-electron chi connectivity index (χ4n) is 0.831. The van der Waals surface area contributed by atoms with E-state index in [-0.39, 0.29) is 5.17 Å². The molecule has 0 aromatic heterocycles. The highest BCUT2D eigenvalue weighted by atomic mass is 19.2. The van der Waals surface area contributed by atoms with Gasteiger partial charge >= 0.3 is 5.09 Å². The van der Waals surface area contributed by atoms with Crippen molar-refractivity contribution in [3.05, 3.63) is 39.7 Å². The van der Waals surface area contributed by atoms with Crippen molar-refractivity contribution in [3.63, 3.8) is 0 Å². The summed E-state index contributed by atoms with van der Waals surface area (Å²) in [6.45, 7) is 0. The van der Waals surface area contributed by atoms with Gasteiger partial charge in [-0.15, -0.1) is 15.3 Å². The molecule has 0 heterocycles. The molecule has 2 N–H and O–H groups in total. The van der Waals surface area contributed by atoms with Crippen molar-refractivity contribution >= 4 is 5.69 Å². The number of rotatable bonds is 3. The molecule has 0 fully saturated rings. The van der Waals surface area contributed by atoms with Crippen molar-refractivity contribution in [3.8, 4) is 0 Å². The minimum absolute atomic E-state index is 0.312. The van der Waals surface area contributed by atoms with Crippen LogP contribution in [0.1, 0.15) is 0 Å². The lowest BCUT2D eigenvalue weighted by Crippen LogP contribution is -2.35. The summed E-state index contributed by atoms with van der Waals surface area (Å²) < 4.78 is 38.4. The second-order valence-electron chi connectivity index (χ2n) is 2.32. The second-order valence-corrected chi connectivity index (χ2v) is 2.32. The Bertz CT molecular complexity index is 401. The summed E-state index contributed by atoms with van der Waals surface area (Å²) in [7, 11) is 0. The van der Waals surface area contributed by atoms with Gasteiger partial charge in [-0.25, -0.2) is 19.0 Å². The highest BCUT2D eigenvalue weighted by molar-refractivity contribution is 5.45. The van der Waals surface area contributed by atoms with Gasteiger partial charge in [-0.1, -0.05) is 0 Å². The van der Waals surface area contributed by atoms with E-state index < -0.39 is 28.2 Å². The van der Waals surface area contributed by atoms with Gasteiger partial charge in [-0.2, -0.15) is 4.94 Å². The van der Waals surface area contributed by atoms with Crippen molar-refractivity contribution < 1.29 is 23.2 Å². The Kier molecular flexibility index (Phi) is 2.95. The van der Waals surface area contributed by atoms with E-state index in [1.165, 1.54) is 0 Å². The summed E-state index contributed by atoms with van der Waals surface area (Å²) in [5, 5.41) is 8.10. The molecule has 0 aliphatic carbocycles. The molecular formula is C6H4F3N3O3. The van der Waals surface area contributed by atoms with Crippen molar-refractivity contribution in [1.29, 1.82) is 0 Å². The highest BCUT2D eigenvalue weighted by Gasteiger charge is 2.20. The van der Waals surface area contributed by atoms with Crippen LogP contribution in [0.15, 0.2) is 12.1 Å². The molecular weight excluding hydrogens is 219 g/mol. The third-order valence-corrected chi connectivity index (χ3v) is 1.39. The molecule has 82 valence electrons. The van der Waals surface area contributed by atoms with E-state index in [9.17, 15) is 23.3 Å². The number of anilines is 1. The van der Waals surface area contributed by atoms with Crippen LogP contribution in [0.2, 0.25) is 0 Å². The minimum Gasteiger partial charge on any atom is -0.222 e. The molecule has 9 heteroatoms. The maximum atomic E-state index is 12.9. The molecule has 1 aromatic rings. The summed E-state index contributed by atoms with van der Waals surface area (Å²) in [5.41, 5.74) is -1.19.